The fourth-order valence-electron chi connectivity index (χ4n) is 2.01. The van der Waals surface area contributed by atoms with Gasteiger partial charge < -0.3 is 15.3 Å². The minimum absolute atomic E-state index is 0.248. The normalized spacial score (nSPS) is 10.9. The zero-order chi connectivity index (χ0) is 15.4. The maximum absolute atomic E-state index is 11.2. The fourth-order valence-corrected chi connectivity index (χ4v) is 2.01. The average molecular weight is 288 g/mol. The first-order chi connectivity index (χ1) is 9.99. The molecule has 1 aromatic heterocycles. The predicted molar refractivity (Wildman–Crippen MR) is 82.2 cm³/mol. The van der Waals surface area contributed by atoms with Crippen molar-refractivity contribution in [2.45, 2.75) is 13.5 Å². The Hall–Kier alpha value is -2.34. The molecule has 0 saturated heterocycles. The molecule has 0 aliphatic heterocycles. The van der Waals surface area contributed by atoms with Crippen LogP contribution >= 0.6 is 0 Å². The van der Waals surface area contributed by atoms with Gasteiger partial charge in [-0.05, 0) is 33.2 Å². The quantitative estimate of drug-likeness (QED) is 0.852. The maximum atomic E-state index is 11.2. The summed E-state index contributed by atoms with van der Waals surface area (Å²) in [6, 6.07) is 6.85. The molecule has 0 fully saturated rings. The van der Waals surface area contributed by atoms with Gasteiger partial charge in [-0.15, -0.1) is 0 Å². The van der Waals surface area contributed by atoms with E-state index in [0.29, 0.717) is 5.69 Å². The summed E-state index contributed by atoms with van der Waals surface area (Å²) in [6.45, 7) is 3.66. The number of nitrogens with zero attached hydrogens (tertiary/aromatic N) is 3. The Kier molecular flexibility index (Phi) is 4.59. The minimum Gasteiger partial charge on any atom is -0.478 e. The van der Waals surface area contributed by atoms with Crippen molar-refractivity contribution in [1.82, 2.24) is 14.7 Å². The van der Waals surface area contributed by atoms with E-state index in [-0.39, 0.29) is 5.56 Å². The minimum atomic E-state index is -0.948. The third-order valence-corrected chi connectivity index (χ3v) is 3.29. The van der Waals surface area contributed by atoms with Crippen molar-refractivity contribution >= 4 is 17.3 Å². The number of carboxylic acid groups (broad SMARTS) is 1. The number of hydrogen-bond acceptors (Lipinski definition) is 4. The van der Waals surface area contributed by atoms with Gasteiger partial charge in [-0.25, -0.2) is 4.79 Å². The van der Waals surface area contributed by atoms with E-state index in [2.05, 4.69) is 15.3 Å². The van der Waals surface area contributed by atoms with E-state index < -0.39 is 5.97 Å². The highest BCUT2D eigenvalue weighted by Gasteiger charge is 2.12. The molecule has 112 valence electrons. The SMILES string of the molecule is Cc1c(Nc2ccccc2C(=O)O)cnn1CCN(C)C. The molecule has 0 aliphatic carbocycles. The maximum Gasteiger partial charge on any atom is 0.337 e. The van der Waals surface area contributed by atoms with Gasteiger partial charge in [-0.3, -0.25) is 4.68 Å². The van der Waals surface area contributed by atoms with Gasteiger partial charge in [0, 0.05) is 6.54 Å². The standard InChI is InChI=1S/C15H20N4O2/c1-11-14(10-16-19(11)9-8-18(2)3)17-13-7-5-4-6-12(13)15(20)21/h4-7,10,17H,8-9H2,1-3H3,(H,20,21). The van der Waals surface area contributed by atoms with Crippen molar-refractivity contribution in [2.24, 2.45) is 0 Å². The largest absolute Gasteiger partial charge is 0.478 e. The second-order valence-corrected chi connectivity index (χ2v) is 5.15. The highest BCUT2D eigenvalue weighted by Crippen LogP contribution is 2.23. The molecule has 1 aromatic carbocycles. The molecule has 0 saturated carbocycles. The van der Waals surface area contributed by atoms with Crippen LogP contribution < -0.4 is 5.32 Å². The van der Waals surface area contributed by atoms with E-state index >= 15 is 0 Å². The van der Waals surface area contributed by atoms with E-state index in [1.54, 1.807) is 30.5 Å². The number of para-hydroxylation sites is 1. The topological polar surface area (TPSA) is 70.4 Å². The van der Waals surface area contributed by atoms with Crippen LogP contribution in [0.15, 0.2) is 30.5 Å². The average Bonchev–Trinajstić information content (AvgIpc) is 2.78. The Bertz CT molecular complexity index is 634. The Labute approximate surface area is 124 Å². The third kappa shape index (κ3) is 3.61. The molecule has 2 rings (SSSR count). The number of hydrogen-bond donors (Lipinski definition) is 2. The molecule has 0 bridgehead atoms. The molecule has 0 radical (unpaired) electrons. The van der Waals surface area contributed by atoms with Crippen LogP contribution in [0.2, 0.25) is 0 Å². The smallest absolute Gasteiger partial charge is 0.337 e. The predicted octanol–water partition coefficient (Wildman–Crippen LogP) is 2.19. The van der Waals surface area contributed by atoms with Crippen molar-refractivity contribution in [2.75, 3.05) is 26.0 Å². The molecule has 0 spiro atoms. The van der Waals surface area contributed by atoms with Crippen LogP contribution in [0.25, 0.3) is 0 Å². The van der Waals surface area contributed by atoms with Crippen LogP contribution in [0.5, 0.6) is 0 Å². The molecular formula is C15H20N4O2. The Morgan fingerprint density at radius 3 is 2.71 bits per heavy atom. The number of aromatic nitrogens is 2. The first-order valence-corrected chi connectivity index (χ1v) is 6.75. The number of benzene rings is 1. The van der Waals surface area contributed by atoms with Crippen molar-refractivity contribution in [3.05, 3.63) is 41.7 Å². The van der Waals surface area contributed by atoms with Crippen LogP contribution in [-0.2, 0) is 6.54 Å². The fraction of sp³-hybridized carbons (Fsp3) is 0.333. The van der Waals surface area contributed by atoms with Gasteiger partial charge in [-0.2, -0.15) is 5.10 Å². The molecule has 6 heteroatoms. The summed E-state index contributed by atoms with van der Waals surface area (Å²) in [6.07, 6.45) is 1.73. The van der Waals surface area contributed by atoms with Crippen LogP contribution in [0.4, 0.5) is 11.4 Å². The lowest BCUT2D eigenvalue weighted by molar-refractivity contribution is 0.0698. The second kappa shape index (κ2) is 6.41. The Morgan fingerprint density at radius 2 is 2.05 bits per heavy atom. The lowest BCUT2D eigenvalue weighted by Crippen LogP contribution is -2.19. The van der Waals surface area contributed by atoms with Gasteiger partial charge in [0.2, 0.25) is 0 Å². The number of anilines is 2. The molecule has 1 heterocycles. The van der Waals surface area contributed by atoms with Gasteiger partial charge in [0.1, 0.15) is 0 Å². The van der Waals surface area contributed by atoms with Gasteiger partial charge in [0.25, 0.3) is 0 Å². The summed E-state index contributed by atoms with van der Waals surface area (Å²) in [5.74, 6) is -0.948. The monoisotopic (exact) mass is 288 g/mol. The van der Waals surface area contributed by atoms with Gasteiger partial charge >= 0.3 is 5.97 Å². The first-order valence-electron chi connectivity index (χ1n) is 6.75. The first kappa shape index (κ1) is 15.1. The highest BCUT2D eigenvalue weighted by molar-refractivity contribution is 5.95. The van der Waals surface area contributed by atoms with E-state index in [9.17, 15) is 9.90 Å². The summed E-state index contributed by atoms with van der Waals surface area (Å²) in [7, 11) is 4.03. The van der Waals surface area contributed by atoms with Gasteiger partial charge in [-0.1, -0.05) is 12.1 Å². The molecule has 6 nitrogen and oxygen atoms in total. The van der Waals surface area contributed by atoms with Crippen LogP contribution in [0.3, 0.4) is 0 Å². The number of aromatic carboxylic acids is 1. The number of carboxylic acids is 1. The zero-order valence-corrected chi connectivity index (χ0v) is 12.5. The summed E-state index contributed by atoms with van der Waals surface area (Å²) < 4.78 is 1.91. The summed E-state index contributed by atoms with van der Waals surface area (Å²) in [5.41, 5.74) is 2.62. The zero-order valence-electron chi connectivity index (χ0n) is 12.5. The summed E-state index contributed by atoms with van der Waals surface area (Å²) in [4.78, 5) is 13.3. The summed E-state index contributed by atoms with van der Waals surface area (Å²) in [5, 5.41) is 16.7. The van der Waals surface area contributed by atoms with Crippen molar-refractivity contribution in [3.8, 4) is 0 Å². The number of nitrogens with one attached hydrogen (secondary N) is 1. The number of rotatable bonds is 6. The molecule has 0 unspecified atom stereocenters. The van der Waals surface area contributed by atoms with E-state index in [0.717, 1.165) is 24.5 Å². The third-order valence-electron chi connectivity index (χ3n) is 3.29. The van der Waals surface area contributed by atoms with Crippen molar-refractivity contribution in [1.29, 1.82) is 0 Å². The van der Waals surface area contributed by atoms with Crippen LogP contribution in [0, 0.1) is 6.92 Å². The molecule has 0 amide bonds. The van der Waals surface area contributed by atoms with E-state index in [4.69, 9.17) is 0 Å². The molecule has 2 N–H and O–H groups in total. The number of likely N-dealkylation sites (N-methyl/N-ethyl adjacent to an activating group) is 1. The van der Waals surface area contributed by atoms with Gasteiger partial charge in [0.15, 0.2) is 0 Å². The van der Waals surface area contributed by atoms with E-state index in [1.165, 1.54) is 0 Å². The molecule has 2 aromatic rings. The summed E-state index contributed by atoms with van der Waals surface area (Å²) >= 11 is 0. The van der Waals surface area contributed by atoms with Crippen molar-refractivity contribution in [3.63, 3.8) is 0 Å². The second-order valence-electron chi connectivity index (χ2n) is 5.15. The number of carbonyl (C=O) groups is 1. The van der Waals surface area contributed by atoms with Crippen molar-refractivity contribution < 1.29 is 9.90 Å². The highest BCUT2D eigenvalue weighted by atomic mass is 16.4. The van der Waals surface area contributed by atoms with E-state index in [1.807, 2.05) is 25.7 Å². The van der Waals surface area contributed by atoms with Crippen LogP contribution in [-0.4, -0.2) is 46.4 Å². The molecule has 0 atom stereocenters. The Morgan fingerprint density at radius 1 is 1.33 bits per heavy atom. The van der Waals surface area contributed by atoms with Gasteiger partial charge in [0.05, 0.1) is 35.4 Å². The lowest BCUT2D eigenvalue weighted by atomic mass is 10.1. The molecule has 21 heavy (non-hydrogen) atoms. The Balaban J connectivity index is 2.19. The molecule has 0 aliphatic rings. The van der Waals surface area contributed by atoms with Crippen LogP contribution in [0.1, 0.15) is 16.1 Å². The molecular weight excluding hydrogens is 268 g/mol. The lowest BCUT2D eigenvalue weighted by Gasteiger charge is -2.12.